The lowest BCUT2D eigenvalue weighted by Gasteiger charge is -2.42. The van der Waals surface area contributed by atoms with E-state index in [-0.39, 0.29) is 41.9 Å². The number of rotatable bonds is 7. The van der Waals surface area contributed by atoms with Gasteiger partial charge in [-0.2, -0.15) is 0 Å². The smallest absolute Gasteiger partial charge is 0.315 e. The fraction of sp³-hybridized carbons (Fsp3) is 0.636. The minimum atomic E-state index is -0.427. The van der Waals surface area contributed by atoms with E-state index in [1.807, 2.05) is 36.9 Å². The molecule has 2 saturated heterocycles. The summed E-state index contributed by atoms with van der Waals surface area (Å²) in [6.45, 7) is 5.87. The van der Waals surface area contributed by atoms with Crippen LogP contribution < -0.4 is 16.0 Å². The number of nitrogens with one attached hydrogen (secondary N) is 3. The van der Waals surface area contributed by atoms with Crippen molar-refractivity contribution >= 4 is 17.8 Å². The summed E-state index contributed by atoms with van der Waals surface area (Å²) in [7, 11) is 0. The van der Waals surface area contributed by atoms with Crippen LogP contribution in [0.1, 0.15) is 38.8 Å². The first-order chi connectivity index (χ1) is 14.9. The van der Waals surface area contributed by atoms with E-state index in [4.69, 9.17) is 0 Å². The predicted octanol–water partition coefficient (Wildman–Crippen LogP) is 0.469. The summed E-state index contributed by atoms with van der Waals surface area (Å²) < 4.78 is 0. The molecule has 4 amide bonds. The summed E-state index contributed by atoms with van der Waals surface area (Å²) in [5.41, 5.74) is 0.895. The van der Waals surface area contributed by atoms with Crippen molar-refractivity contribution in [3.63, 3.8) is 0 Å². The number of carbonyl (C=O) groups excluding carboxylic acids is 3. The minimum Gasteiger partial charge on any atom is -0.354 e. The summed E-state index contributed by atoms with van der Waals surface area (Å²) in [5.74, 6) is 0.159. The first-order valence-corrected chi connectivity index (χ1v) is 11.2. The van der Waals surface area contributed by atoms with Crippen LogP contribution in [0.3, 0.4) is 0 Å². The molecule has 9 nitrogen and oxygen atoms in total. The Kier molecular flexibility index (Phi) is 6.41. The molecule has 168 valence electrons. The fourth-order valence-corrected chi connectivity index (χ4v) is 4.48. The van der Waals surface area contributed by atoms with E-state index in [1.165, 1.54) is 0 Å². The van der Waals surface area contributed by atoms with Gasteiger partial charge in [-0.15, -0.1) is 0 Å². The van der Waals surface area contributed by atoms with Gasteiger partial charge in [0.1, 0.15) is 6.04 Å². The van der Waals surface area contributed by atoms with Crippen LogP contribution in [0.5, 0.6) is 0 Å². The molecule has 0 unspecified atom stereocenters. The number of urea groups is 1. The number of aromatic nitrogens is 1. The molecule has 1 aromatic rings. The van der Waals surface area contributed by atoms with Crippen molar-refractivity contribution in [2.45, 2.75) is 63.8 Å². The molecule has 3 aliphatic rings. The van der Waals surface area contributed by atoms with E-state index in [1.54, 1.807) is 6.20 Å². The van der Waals surface area contributed by atoms with E-state index in [0.29, 0.717) is 26.2 Å². The third-order valence-corrected chi connectivity index (χ3v) is 6.13. The number of amides is 4. The first kappa shape index (κ1) is 21.5. The average Bonchev–Trinajstić information content (AvgIpc) is 3.49. The van der Waals surface area contributed by atoms with Crippen molar-refractivity contribution in [3.8, 4) is 0 Å². The van der Waals surface area contributed by atoms with Crippen molar-refractivity contribution in [2.75, 3.05) is 19.6 Å². The lowest BCUT2D eigenvalue weighted by atomic mass is 10.0. The Morgan fingerprint density at radius 1 is 1.23 bits per heavy atom. The number of carbonyl (C=O) groups is 3. The molecule has 1 saturated carbocycles. The Bertz CT molecular complexity index is 813. The zero-order valence-corrected chi connectivity index (χ0v) is 18.2. The molecule has 9 heteroatoms. The Morgan fingerprint density at radius 3 is 2.71 bits per heavy atom. The molecule has 0 aromatic carbocycles. The number of hydrogen-bond donors (Lipinski definition) is 3. The van der Waals surface area contributed by atoms with E-state index >= 15 is 0 Å². The number of fused-ring (bicyclic) bond motifs is 1. The second-order valence-corrected chi connectivity index (χ2v) is 9.14. The van der Waals surface area contributed by atoms with Crippen molar-refractivity contribution in [1.29, 1.82) is 0 Å². The topological polar surface area (TPSA) is 107 Å². The maximum Gasteiger partial charge on any atom is 0.315 e. The normalized spacial score (nSPS) is 26.0. The average molecular weight is 429 g/mol. The molecule has 0 spiro atoms. The summed E-state index contributed by atoms with van der Waals surface area (Å²) in [4.78, 5) is 46.1. The quantitative estimate of drug-likeness (QED) is 0.585. The summed E-state index contributed by atoms with van der Waals surface area (Å²) >= 11 is 0. The van der Waals surface area contributed by atoms with Gasteiger partial charge in [-0.05, 0) is 45.2 Å². The van der Waals surface area contributed by atoms with Gasteiger partial charge in [0.05, 0.1) is 11.7 Å². The van der Waals surface area contributed by atoms with Crippen molar-refractivity contribution < 1.29 is 14.4 Å². The Labute approximate surface area is 182 Å². The highest BCUT2D eigenvalue weighted by molar-refractivity contribution is 5.86. The molecule has 2 aliphatic heterocycles. The van der Waals surface area contributed by atoms with Crippen LogP contribution in [0.25, 0.3) is 0 Å². The highest BCUT2D eigenvalue weighted by Crippen LogP contribution is 2.30. The van der Waals surface area contributed by atoms with Crippen molar-refractivity contribution in [2.24, 2.45) is 5.92 Å². The maximum atomic E-state index is 13.4. The van der Waals surface area contributed by atoms with Gasteiger partial charge in [0.25, 0.3) is 0 Å². The van der Waals surface area contributed by atoms with Gasteiger partial charge in [-0.1, -0.05) is 6.07 Å². The maximum absolute atomic E-state index is 13.4. The molecule has 0 radical (unpaired) electrons. The van der Waals surface area contributed by atoms with Gasteiger partial charge in [0.15, 0.2) is 0 Å². The van der Waals surface area contributed by atoms with Gasteiger partial charge >= 0.3 is 6.03 Å². The van der Waals surface area contributed by atoms with Crippen molar-refractivity contribution in [1.82, 2.24) is 30.7 Å². The lowest BCUT2D eigenvalue weighted by Crippen LogP contribution is -2.62. The lowest BCUT2D eigenvalue weighted by molar-refractivity contribution is -0.144. The van der Waals surface area contributed by atoms with Gasteiger partial charge in [0, 0.05) is 50.4 Å². The zero-order chi connectivity index (χ0) is 22.0. The Morgan fingerprint density at radius 2 is 2.03 bits per heavy atom. The molecule has 3 N–H and O–H groups in total. The number of hydrogen-bond acceptors (Lipinski definition) is 5. The highest BCUT2D eigenvalue weighted by atomic mass is 16.2. The second-order valence-electron chi connectivity index (χ2n) is 9.14. The molecule has 4 rings (SSSR count). The fourth-order valence-electron chi connectivity index (χ4n) is 4.48. The molecule has 31 heavy (non-hydrogen) atoms. The van der Waals surface area contributed by atoms with Gasteiger partial charge in [-0.25, -0.2) is 4.79 Å². The molecule has 3 fully saturated rings. The Balaban J connectivity index is 1.44. The van der Waals surface area contributed by atoms with Gasteiger partial charge in [-0.3, -0.25) is 19.5 Å². The summed E-state index contributed by atoms with van der Waals surface area (Å²) in [6, 6.07) is 5.14. The summed E-state index contributed by atoms with van der Waals surface area (Å²) in [6.07, 6.45) is 4.33. The van der Waals surface area contributed by atoms with E-state index in [0.717, 1.165) is 25.0 Å². The molecular weight excluding hydrogens is 396 g/mol. The van der Waals surface area contributed by atoms with Gasteiger partial charge < -0.3 is 20.9 Å². The van der Waals surface area contributed by atoms with Gasteiger partial charge in [0.2, 0.25) is 11.8 Å². The van der Waals surface area contributed by atoms with Crippen LogP contribution in [-0.4, -0.2) is 76.4 Å². The van der Waals surface area contributed by atoms with E-state index in [2.05, 4.69) is 25.8 Å². The standard InChI is InChI=1S/C22H32N6O3/c1-14(2)25-22(31)26-17-9-18-13-27(11-16-5-3-4-8-23-16)19(21(30)28(18)12-17)10-24-20(29)15-6-7-15/h3-5,8,14-15,17-19H,6-7,9-13H2,1-2H3,(H,24,29)(H2,25,26,31)/t17-,18-,19-/m0/s1. The monoisotopic (exact) mass is 428 g/mol. The molecule has 3 heterocycles. The first-order valence-electron chi connectivity index (χ1n) is 11.2. The number of piperazine rings is 1. The Hall–Kier alpha value is -2.68. The highest BCUT2D eigenvalue weighted by Gasteiger charge is 2.46. The van der Waals surface area contributed by atoms with Crippen LogP contribution >= 0.6 is 0 Å². The van der Waals surface area contributed by atoms with Crippen molar-refractivity contribution in [3.05, 3.63) is 30.1 Å². The van der Waals surface area contributed by atoms with E-state index in [9.17, 15) is 14.4 Å². The molecule has 3 atom stereocenters. The third kappa shape index (κ3) is 5.33. The van der Waals surface area contributed by atoms with Crippen LogP contribution in [0.2, 0.25) is 0 Å². The molecule has 1 aromatic heterocycles. The van der Waals surface area contributed by atoms with Crippen LogP contribution in [0, 0.1) is 5.92 Å². The van der Waals surface area contributed by atoms with Crippen LogP contribution in [-0.2, 0) is 16.1 Å². The molecular formula is C22H32N6O3. The number of nitrogens with zero attached hydrogens (tertiary/aromatic N) is 3. The van der Waals surface area contributed by atoms with E-state index < -0.39 is 6.04 Å². The van der Waals surface area contributed by atoms with Crippen LogP contribution in [0.4, 0.5) is 4.79 Å². The minimum absolute atomic E-state index is 0.0110. The van der Waals surface area contributed by atoms with Crippen LogP contribution in [0.15, 0.2) is 24.4 Å². The second kappa shape index (κ2) is 9.21. The number of pyridine rings is 1. The SMILES string of the molecule is CC(C)NC(=O)N[C@H]1C[C@H]2CN(Cc3ccccn3)[C@@H](CNC(=O)C3CC3)C(=O)N2C1. The zero-order valence-electron chi connectivity index (χ0n) is 18.2. The largest absolute Gasteiger partial charge is 0.354 e. The molecule has 0 bridgehead atoms. The predicted molar refractivity (Wildman–Crippen MR) is 115 cm³/mol. The molecule has 1 aliphatic carbocycles. The third-order valence-electron chi connectivity index (χ3n) is 6.13. The summed E-state index contributed by atoms with van der Waals surface area (Å²) in [5, 5.41) is 8.81.